The number of benzene rings is 1. The van der Waals surface area contributed by atoms with Crippen LogP contribution in [0.5, 0.6) is 5.88 Å². The topological polar surface area (TPSA) is 52.3 Å². The van der Waals surface area contributed by atoms with Crippen molar-refractivity contribution in [2.45, 2.75) is 6.92 Å². The number of rotatable bonds is 2. The minimum atomic E-state index is -0.557. The minimum absolute atomic E-state index is 0.127. The lowest BCUT2D eigenvalue weighted by molar-refractivity contribution is 0.0721. The molecule has 0 unspecified atom stereocenters. The number of ether oxygens (including phenoxy) is 1. The van der Waals surface area contributed by atoms with Crippen molar-refractivity contribution >= 4 is 17.6 Å². The molecule has 0 amide bonds. The Morgan fingerprint density at radius 1 is 1.44 bits per heavy atom. The highest BCUT2D eigenvalue weighted by Crippen LogP contribution is 2.18. The molecule has 1 aromatic carbocycles. The number of nitrogens with zero attached hydrogens (tertiary/aromatic N) is 1. The van der Waals surface area contributed by atoms with E-state index in [0.717, 1.165) is 0 Å². The molecule has 0 N–H and O–H groups in total. The van der Waals surface area contributed by atoms with Crippen molar-refractivity contribution < 1.29 is 14.1 Å². The van der Waals surface area contributed by atoms with Gasteiger partial charge in [0.2, 0.25) is 0 Å². The van der Waals surface area contributed by atoms with Gasteiger partial charge in [-0.05, 0) is 24.2 Å². The molecule has 0 saturated carbocycles. The Labute approximate surface area is 96.8 Å². The molecule has 1 heterocycles. The first-order valence-electron chi connectivity index (χ1n) is 4.57. The predicted molar refractivity (Wildman–Crippen MR) is 57.7 cm³/mol. The summed E-state index contributed by atoms with van der Waals surface area (Å²) in [7, 11) is 0. The van der Waals surface area contributed by atoms with Crippen molar-refractivity contribution in [1.29, 1.82) is 0 Å². The van der Waals surface area contributed by atoms with Crippen LogP contribution in [-0.4, -0.2) is 11.1 Å². The molecule has 82 valence electrons. The third-order valence-electron chi connectivity index (χ3n) is 1.90. The van der Waals surface area contributed by atoms with Gasteiger partial charge < -0.3 is 9.26 Å². The number of aryl methyl sites for hydroxylation is 1. The first kappa shape index (κ1) is 10.7. The molecule has 4 nitrogen and oxygen atoms in total. The van der Waals surface area contributed by atoms with Gasteiger partial charge in [-0.1, -0.05) is 23.7 Å². The third kappa shape index (κ3) is 2.23. The molecule has 0 aliphatic carbocycles. The number of aromatic nitrogens is 1. The van der Waals surface area contributed by atoms with E-state index >= 15 is 0 Å². The summed E-state index contributed by atoms with van der Waals surface area (Å²) < 4.78 is 9.75. The summed E-state index contributed by atoms with van der Waals surface area (Å²) in [5, 5.41) is 3.89. The van der Waals surface area contributed by atoms with Gasteiger partial charge in [-0.2, -0.15) is 0 Å². The molecular weight excluding hydrogens is 230 g/mol. The van der Waals surface area contributed by atoms with Crippen LogP contribution in [0.4, 0.5) is 0 Å². The summed E-state index contributed by atoms with van der Waals surface area (Å²) in [5.41, 5.74) is 0.296. The summed E-state index contributed by atoms with van der Waals surface area (Å²) in [6.45, 7) is 1.71. The smallest absolute Gasteiger partial charge is 0.346 e. The van der Waals surface area contributed by atoms with Gasteiger partial charge in [-0.3, -0.25) is 0 Å². The summed E-state index contributed by atoms with van der Waals surface area (Å²) >= 11 is 5.85. The standard InChI is InChI=1S/C11H8ClNO3/c1-7-6-10(13-16-7)15-11(14)8-4-2-3-5-9(8)12/h2-6H,1H3. The lowest BCUT2D eigenvalue weighted by Crippen LogP contribution is -2.09. The second kappa shape index (κ2) is 4.37. The van der Waals surface area contributed by atoms with E-state index in [9.17, 15) is 4.79 Å². The number of carbonyl (C=O) groups is 1. The number of hydrogen-bond acceptors (Lipinski definition) is 4. The first-order valence-corrected chi connectivity index (χ1v) is 4.94. The molecule has 0 atom stereocenters. The summed E-state index contributed by atoms with van der Waals surface area (Å²) in [6.07, 6.45) is 0. The summed E-state index contributed by atoms with van der Waals surface area (Å²) in [4.78, 5) is 11.7. The maximum absolute atomic E-state index is 11.7. The SMILES string of the molecule is Cc1cc(OC(=O)c2ccccc2Cl)no1. The summed E-state index contributed by atoms with van der Waals surface area (Å²) in [5.74, 6) is 0.142. The lowest BCUT2D eigenvalue weighted by atomic mass is 10.2. The van der Waals surface area contributed by atoms with Crippen LogP contribution < -0.4 is 4.74 Å². The Hall–Kier alpha value is -1.81. The van der Waals surface area contributed by atoms with Crippen molar-refractivity contribution in [3.8, 4) is 5.88 Å². The second-order valence-corrected chi connectivity index (χ2v) is 3.55. The van der Waals surface area contributed by atoms with Gasteiger partial charge in [-0.15, -0.1) is 0 Å². The Morgan fingerprint density at radius 2 is 2.19 bits per heavy atom. The average Bonchev–Trinajstić information content (AvgIpc) is 2.64. The van der Waals surface area contributed by atoms with Crippen LogP contribution in [0.3, 0.4) is 0 Å². The van der Waals surface area contributed by atoms with Crippen LogP contribution in [0.1, 0.15) is 16.1 Å². The highest BCUT2D eigenvalue weighted by atomic mass is 35.5. The van der Waals surface area contributed by atoms with Crippen LogP contribution in [0.25, 0.3) is 0 Å². The van der Waals surface area contributed by atoms with Crippen molar-refractivity contribution in [2.75, 3.05) is 0 Å². The zero-order valence-electron chi connectivity index (χ0n) is 8.44. The fourth-order valence-corrected chi connectivity index (χ4v) is 1.38. The molecule has 0 radical (unpaired) electrons. The second-order valence-electron chi connectivity index (χ2n) is 3.15. The van der Waals surface area contributed by atoms with Crippen LogP contribution >= 0.6 is 11.6 Å². The highest BCUT2D eigenvalue weighted by Gasteiger charge is 2.13. The van der Waals surface area contributed by atoms with Gasteiger partial charge in [0.1, 0.15) is 5.76 Å². The van der Waals surface area contributed by atoms with Crippen LogP contribution in [-0.2, 0) is 0 Å². The predicted octanol–water partition coefficient (Wildman–Crippen LogP) is 2.86. The molecule has 1 aromatic heterocycles. The zero-order valence-corrected chi connectivity index (χ0v) is 9.19. The molecular formula is C11H8ClNO3. The number of hydrogen-bond donors (Lipinski definition) is 0. The normalized spacial score (nSPS) is 10.1. The molecule has 2 rings (SSSR count). The van der Waals surface area contributed by atoms with Crippen LogP contribution in [0.2, 0.25) is 5.02 Å². The van der Waals surface area contributed by atoms with Crippen molar-refractivity contribution in [1.82, 2.24) is 5.16 Å². The highest BCUT2D eigenvalue weighted by molar-refractivity contribution is 6.33. The Balaban J connectivity index is 2.18. The fourth-order valence-electron chi connectivity index (χ4n) is 1.17. The lowest BCUT2D eigenvalue weighted by Gasteiger charge is -2.01. The van der Waals surface area contributed by atoms with E-state index in [1.165, 1.54) is 6.07 Å². The monoisotopic (exact) mass is 237 g/mol. The van der Waals surface area contributed by atoms with Crippen molar-refractivity contribution in [3.05, 3.63) is 46.7 Å². The molecule has 0 saturated heterocycles. The molecule has 0 aliphatic heterocycles. The molecule has 5 heteroatoms. The molecule has 16 heavy (non-hydrogen) atoms. The average molecular weight is 238 g/mol. The number of esters is 1. The number of halogens is 1. The minimum Gasteiger partial charge on any atom is -0.400 e. The quantitative estimate of drug-likeness (QED) is 0.754. The fraction of sp³-hybridized carbons (Fsp3) is 0.0909. The van der Waals surface area contributed by atoms with Gasteiger partial charge in [0.15, 0.2) is 0 Å². The largest absolute Gasteiger partial charge is 0.400 e. The van der Waals surface area contributed by atoms with Gasteiger partial charge in [-0.25, -0.2) is 4.79 Å². The maximum Gasteiger partial charge on any atom is 0.346 e. The van der Waals surface area contributed by atoms with Crippen molar-refractivity contribution in [3.63, 3.8) is 0 Å². The Kier molecular flexibility index (Phi) is 2.92. The van der Waals surface area contributed by atoms with E-state index in [1.54, 1.807) is 31.2 Å². The van der Waals surface area contributed by atoms with E-state index < -0.39 is 5.97 Å². The summed E-state index contributed by atoms with van der Waals surface area (Å²) in [6, 6.07) is 8.16. The number of carbonyl (C=O) groups excluding carboxylic acids is 1. The van der Waals surface area contributed by atoms with E-state index in [1.807, 2.05) is 0 Å². The maximum atomic E-state index is 11.7. The first-order chi connectivity index (χ1) is 7.66. The molecule has 2 aromatic rings. The Bertz CT molecular complexity index is 521. The van der Waals surface area contributed by atoms with Gasteiger partial charge in [0.05, 0.1) is 10.6 Å². The van der Waals surface area contributed by atoms with Crippen LogP contribution in [0.15, 0.2) is 34.9 Å². The van der Waals surface area contributed by atoms with Gasteiger partial charge in [0, 0.05) is 6.07 Å². The van der Waals surface area contributed by atoms with E-state index in [0.29, 0.717) is 16.3 Å². The molecule has 0 fully saturated rings. The van der Waals surface area contributed by atoms with E-state index in [-0.39, 0.29) is 5.88 Å². The molecule has 0 bridgehead atoms. The van der Waals surface area contributed by atoms with E-state index in [2.05, 4.69) is 5.16 Å². The molecule has 0 aliphatic rings. The van der Waals surface area contributed by atoms with Crippen LogP contribution in [0, 0.1) is 6.92 Å². The van der Waals surface area contributed by atoms with Crippen molar-refractivity contribution in [2.24, 2.45) is 0 Å². The van der Waals surface area contributed by atoms with E-state index in [4.69, 9.17) is 20.9 Å². The third-order valence-corrected chi connectivity index (χ3v) is 2.23. The van der Waals surface area contributed by atoms with Gasteiger partial charge in [0.25, 0.3) is 5.88 Å². The Morgan fingerprint density at radius 3 is 2.81 bits per heavy atom. The molecule has 0 spiro atoms. The zero-order chi connectivity index (χ0) is 11.5. The van der Waals surface area contributed by atoms with Gasteiger partial charge >= 0.3 is 5.97 Å².